The van der Waals surface area contributed by atoms with Crippen LogP contribution >= 0.6 is 11.8 Å². The molecule has 0 N–H and O–H groups in total. The highest BCUT2D eigenvalue weighted by Gasteiger charge is 2.32. The number of likely N-dealkylation sites (N-methyl/N-ethyl adjacent to an activating group) is 1. The number of aromatic nitrogens is 2. The Balaban J connectivity index is 1.77. The lowest BCUT2D eigenvalue weighted by molar-refractivity contribution is -0.137. The molecule has 3 heterocycles. The molecule has 1 atom stereocenters. The number of hydrogen-bond donors (Lipinski definition) is 0. The second-order valence-electron chi connectivity index (χ2n) is 7.76. The van der Waals surface area contributed by atoms with Gasteiger partial charge < -0.3 is 9.80 Å². The van der Waals surface area contributed by atoms with Gasteiger partial charge in [-0.1, -0.05) is 32.5 Å². The zero-order valence-corrected chi connectivity index (χ0v) is 15.7. The highest BCUT2D eigenvalue weighted by atomic mass is 32.2. The third-order valence-electron chi connectivity index (χ3n) is 4.72. The first-order chi connectivity index (χ1) is 11.3. The normalized spacial score (nSPS) is 22.3. The van der Waals surface area contributed by atoms with Crippen molar-refractivity contribution in [3.8, 4) is 0 Å². The largest absolute Gasteiger partial charge is 0.340 e. The number of piperazine rings is 1. The fourth-order valence-corrected chi connectivity index (χ4v) is 4.11. The zero-order valence-electron chi connectivity index (χ0n) is 14.9. The number of carbonyl (C=O) groups is 1. The Labute approximate surface area is 147 Å². The zero-order chi connectivity index (χ0) is 17.5. The average Bonchev–Trinajstić information content (AvgIpc) is 2.53. The molecule has 0 radical (unpaired) electrons. The van der Waals surface area contributed by atoms with Gasteiger partial charge in [0.2, 0.25) is 5.91 Å². The first kappa shape index (κ1) is 17.5. The molecule has 24 heavy (non-hydrogen) atoms. The minimum atomic E-state index is -0.151. The minimum Gasteiger partial charge on any atom is -0.340 e. The molecule has 0 aromatic carbocycles. The van der Waals surface area contributed by atoms with Crippen LogP contribution < -0.4 is 5.56 Å². The van der Waals surface area contributed by atoms with Gasteiger partial charge in [-0.3, -0.25) is 14.2 Å². The smallest absolute Gasteiger partial charge is 0.254 e. The highest BCUT2D eigenvalue weighted by Crippen LogP contribution is 2.28. The second-order valence-corrected chi connectivity index (χ2v) is 8.75. The molecule has 1 aromatic rings. The molecular weight excluding hydrogens is 324 g/mol. The molecule has 1 saturated heterocycles. The summed E-state index contributed by atoms with van der Waals surface area (Å²) in [7, 11) is 2.08. The molecule has 0 aliphatic carbocycles. The maximum absolute atomic E-state index is 12.8. The van der Waals surface area contributed by atoms with Crippen molar-refractivity contribution in [2.24, 2.45) is 5.92 Å². The van der Waals surface area contributed by atoms with Crippen molar-refractivity contribution in [1.82, 2.24) is 19.4 Å². The molecule has 2 aliphatic heterocycles. The Bertz CT molecular complexity index is 687. The van der Waals surface area contributed by atoms with Crippen LogP contribution in [0.4, 0.5) is 0 Å². The third-order valence-corrected chi connectivity index (χ3v) is 5.86. The van der Waals surface area contributed by atoms with E-state index in [4.69, 9.17) is 0 Å². The van der Waals surface area contributed by atoms with Crippen molar-refractivity contribution in [3.05, 3.63) is 22.1 Å². The van der Waals surface area contributed by atoms with E-state index in [1.54, 1.807) is 10.6 Å². The molecule has 6 nitrogen and oxygen atoms in total. The van der Waals surface area contributed by atoms with Gasteiger partial charge in [0, 0.05) is 50.0 Å². The third kappa shape index (κ3) is 3.52. The summed E-state index contributed by atoms with van der Waals surface area (Å²) < 4.78 is 1.67. The molecule has 7 heteroatoms. The Hall–Kier alpha value is -1.34. The van der Waals surface area contributed by atoms with Gasteiger partial charge >= 0.3 is 0 Å². The number of thioether (sulfide) groups is 1. The topological polar surface area (TPSA) is 58.4 Å². The standard InChI is InChI=1S/C17H26N4O2S/c1-17(2,3)13-9-14(22)21-10-12(11-24-16(21)18-13)15(23)20-7-5-19(4)6-8-20/h9,12H,5-8,10-11H2,1-4H3. The number of carbonyl (C=O) groups excluding carboxylic acids is 1. The van der Waals surface area contributed by atoms with E-state index >= 15 is 0 Å². The molecule has 1 unspecified atom stereocenters. The van der Waals surface area contributed by atoms with Crippen molar-refractivity contribution in [3.63, 3.8) is 0 Å². The van der Waals surface area contributed by atoms with E-state index in [0.29, 0.717) is 12.3 Å². The Kier molecular flexibility index (Phi) is 4.75. The molecule has 0 bridgehead atoms. The summed E-state index contributed by atoms with van der Waals surface area (Å²) in [6.45, 7) is 10.00. The van der Waals surface area contributed by atoms with Crippen LogP contribution in [0.25, 0.3) is 0 Å². The fraction of sp³-hybridized carbons (Fsp3) is 0.706. The minimum absolute atomic E-state index is 0.0479. The lowest BCUT2D eigenvalue weighted by Crippen LogP contribution is -2.50. The van der Waals surface area contributed by atoms with Crippen LogP contribution in [0.2, 0.25) is 0 Å². The predicted octanol–water partition coefficient (Wildman–Crippen LogP) is 1.04. The van der Waals surface area contributed by atoms with Crippen LogP contribution in [0.5, 0.6) is 0 Å². The van der Waals surface area contributed by atoms with Crippen LogP contribution in [0.1, 0.15) is 26.5 Å². The summed E-state index contributed by atoms with van der Waals surface area (Å²) in [5, 5.41) is 0.745. The van der Waals surface area contributed by atoms with Crippen LogP contribution in [-0.2, 0) is 16.8 Å². The maximum Gasteiger partial charge on any atom is 0.254 e. The number of fused-ring (bicyclic) bond motifs is 1. The summed E-state index contributed by atoms with van der Waals surface area (Å²) in [5.41, 5.74) is 0.616. The molecule has 0 spiro atoms. The van der Waals surface area contributed by atoms with Gasteiger partial charge in [-0.2, -0.15) is 0 Å². The quantitative estimate of drug-likeness (QED) is 0.708. The van der Waals surface area contributed by atoms with Crippen molar-refractivity contribution in [1.29, 1.82) is 0 Å². The van der Waals surface area contributed by atoms with Crippen LogP contribution in [0.15, 0.2) is 16.0 Å². The van der Waals surface area contributed by atoms with E-state index in [9.17, 15) is 9.59 Å². The van der Waals surface area contributed by atoms with E-state index in [-0.39, 0.29) is 22.8 Å². The van der Waals surface area contributed by atoms with Gasteiger partial charge in [-0.25, -0.2) is 4.98 Å². The van der Waals surface area contributed by atoms with Crippen LogP contribution in [0, 0.1) is 5.92 Å². The lowest BCUT2D eigenvalue weighted by Gasteiger charge is -2.35. The van der Waals surface area contributed by atoms with Crippen molar-refractivity contribution >= 4 is 17.7 Å². The molecule has 1 fully saturated rings. The highest BCUT2D eigenvalue weighted by molar-refractivity contribution is 7.99. The van der Waals surface area contributed by atoms with E-state index in [1.807, 2.05) is 4.90 Å². The Morgan fingerprint density at radius 2 is 1.92 bits per heavy atom. The summed E-state index contributed by atoms with van der Waals surface area (Å²) in [4.78, 5) is 34.1. The van der Waals surface area contributed by atoms with Crippen LogP contribution in [0.3, 0.4) is 0 Å². The lowest BCUT2D eigenvalue weighted by atomic mass is 9.92. The van der Waals surface area contributed by atoms with E-state index in [1.165, 1.54) is 11.8 Å². The molecule has 1 amide bonds. The van der Waals surface area contributed by atoms with E-state index in [0.717, 1.165) is 37.0 Å². The maximum atomic E-state index is 12.8. The Morgan fingerprint density at radius 1 is 1.25 bits per heavy atom. The first-order valence-corrected chi connectivity index (χ1v) is 9.47. The molecule has 132 valence electrons. The van der Waals surface area contributed by atoms with Gasteiger partial charge in [0.1, 0.15) is 0 Å². The predicted molar refractivity (Wildman–Crippen MR) is 95.5 cm³/mol. The number of amides is 1. The average molecular weight is 350 g/mol. The van der Waals surface area contributed by atoms with Gasteiger partial charge in [-0.15, -0.1) is 0 Å². The number of nitrogens with zero attached hydrogens (tertiary/aromatic N) is 4. The van der Waals surface area contributed by atoms with Crippen LogP contribution in [-0.4, -0.2) is 64.2 Å². The molecule has 2 aliphatic rings. The van der Waals surface area contributed by atoms with Crippen molar-refractivity contribution in [2.75, 3.05) is 39.0 Å². The van der Waals surface area contributed by atoms with E-state index < -0.39 is 0 Å². The number of hydrogen-bond acceptors (Lipinski definition) is 5. The second kappa shape index (κ2) is 6.52. The van der Waals surface area contributed by atoms with Crippen molar-refractivity contribution in [2.45, 2.75) is 37.9 Å². The van der Waals surface area contributed by atoms with Gasteiger partial charge in [0.25, 0.3) is 5.56 Å². The molecule has 0 saturated carbocycles. The summed E-state index contributed by atoms with van der Waals surface area (Å²) in [5.74, 6) is 0.740. The first-order valence-electron chi connectivity index (χ1n) is 8.48. The fourth-order valence-electron chi connectivity index (χ4n) is 3.03. The SMILES string of the molecule is CN1CCN(C(=O)C2CSc3nc(C(C)(C)C)cc(=O)n3C2)CC1. The summed E-state index contributed by atoms with van der Waals surface area (Å²) in [6.07, 6.45) is 0. The number of rotatable bonds is 1. The van der Waals surface area contributed by atoms with Gasteiger partial charge in [0.05, 0.1) is 11.6 Å². The monoisotopic (exact) mass is 350 g/mol. The summed E-state index contributed by atoms with van der Waals surface area (Å²) >= 11 is 1.53. The Morgan fingerprint density at radius 3 is 2.54 bits per heavy atom. The molecule has 3 rings (SSSR count). The van der Waals surface area contributed by atoms with Gasteiger partial charge in [-0.05, 0) is 7.05 Å². The molecular formula is C17H26N4O2S. The van der Waals surface area contributed by atoms with Crippen molar-refractivity contribution < 1.29 is 4.79 Å². The molecule has 1 aromatic heterocycles. The summed E-state index contributed by atoms with van der Waals surface area (Å²) in [6, 6.07) is 1.62. The van der Waals surface area contributed by atoms with Gasteiger partial charge in [0.15, 0.2) is 5.16 Å². The van der Waals surface area contributed by atoms with E-state index in [2.05, 4.69) is 37.7 Å².